The van der Waals surface area contributed by atoms with Crippen molar-refractivity contribution < 1.29 is 14.3 Å². The second kappa shape index (κ2) is 5.83. The van der Waals surface area contributed by atoms with Crippen LogP contribution in [0.2, 0.25) is 0 Å². The molecule has 23 heavy (non-hydrogen) atoms. The van der Waals surface area contributed by atoms with Gasteiger partial charge < -0.3 is 14.5 Å². The van der Waals surface area contributed by atoms with Crippen LogP contribution in [0.4, 0.5) is 4.79 Å². The highest BCUT2D eigenvalue weighted by atomic mass is 35.5. The molecule has 132 valence electrons. The molecule has 2 saturated heterocycles. The first-order valence-electron chi connectivity index (χ1n) is 8.21. The van der Waals surface area contributed by atoms with Gasteiger partial charge in [0.1, 0.15) is 5.60 Å². The van der Waals surface area contributed by atoms with Crippen LogP contribution in [0.5, 0.6) is 0 Å². The first-order chi connectivity index (χ1) is 10.4. The largest absolute Gasteiger partial charge is 0.444 e. The summed E-state index contributed by atoms with van der Waals surface area (Å²) < 4.78 is 5.47. The fourth-order valence-corrected chi connectivity index (χ4v) is 3.56. The van der Waals surface area contributed by atoms with E-state index in [1.165, 1.54) is 0 Å². The second-order valence-electron chi connectivity index (χ2n) is 8.92. The zero-order valence-corrected chi connectivity index (χ0v) is 15.9. The van der Waals surface area contributed by atoms with Gasteiger partial charge in [-0.2, -0.15) is 0 Å². The van der Waals surface area contributed by atoms with E-state index in [4.69, 9.17) is 16.3 Å². The maximum atomic E-state index is 12.6. The number of amides is 2. The van der Waals surface area contributed by atoms with Crippen molar-refractivity contribution in [1.29, 1.82) is 0 Å². The van der Waals surface area contributed by atoms with Crippen molar-refractivity contribution in [3.05, 3.63) is 0 Å². The predicted octanol–water partition coefficient (Wildman–Crippen LogP) is 2.97. The lowest BCUT2D eigenvalue weighted by Crippen LogP contribution is -2.44. The second-order valence-corrected chi connectivity index (χ2v) is 9.18. The fraction of sp³-hybridized carbons (Fsp3) is 0.882. The van der Waals surface area contributed by atoms with E-state index >= 15 is 0 Å². The third-order valence-corrected chi connectivity index (χ3v) is 5.49. The Hall–Kier alpha value is -0.970. The van der Waals surface area contributed by atoms with Gasteiger partial charge >= 0.3 is 6.09 Å². The maximum Gasteiger partial charge on any atom is 0.410 e. The Balaban J connectivity index is 2.01. The van der Waals surface area contributed by atoms with Gasteiger partial charge in [-0.3, -0.25) is 4.79 Å². The number of nitrogens with zero attached hydrogens (tertiary/aromatic N) is 2. The quantitative estimate of drug-likeness (QED) is 0.724. The van der Waals surface area contributed by atoms with E-state index in [9.17, 15) is 9.59 Å². The van der Waals surface area contributed by atoms with Crippen molar-refractivity contribution in [2.24, 2.45) is 16.7 Å². The van der Waals surface area contributed by atoms with Crippen molar-refractivity contribution >= 4 is 23.6 Å². The minimum absolute atomic E-state index is 0.0606. The Morgan fingerprint density at radius 2 is 1.65 bits per heavy atom. The van der Waals surface area contributed by atoms with E-state index in [1.807, 2.05) is 39.5 Å². The van der Waals surface area contributed by atoms with Crippen LogP contribution in [0.1, 0.15) is 41.5 Å². The monoisotopic (exact) mass is 344 g/mol. The summed E-state index contributed by atoms with van der Waals surface area (Å²) in [5.41, 5.74) is -1.08. The normalized spacial score (nSPS) is 28.0. The van der Waals surface area contributed by atoms with Crippen LogP contribution < -0.4 is 0 Å². The van der Waals surface area contributed by atoms with Crippen molar-refractivity contribution in [2.75, 3.05) is 32.1 Å². The molecule has 0 radical (unpaired) electrons. The number of carbonyl (C=O) groups is 2. The number of hydrogen-bond acceptors (Lipinski definition) is 3. The van der Waals surface area contributed by atoms with Crippen LogP contribution in [-0.2, 0) is 9.53 Å². The lowest BCUT2D eigenvalue weighted by atomic mass is 9.83. The molecule has 0 aromatic carbocycles. The number of carbonyl (C=O) groups excluding carboxylic acids is 2. The van der Waals surface area contributed by atoms with E-state index in [1.54, 1.807) is 4.90 Å². The lowest BCUT2D eigenvalue weighted by molar-refractivity contribution is -0.138. The third-order valence-electron chi connectivity index (χ3n) is 4.82. The molecule has 0 aliphatic carbocycles. The fourth-order valence-electron chi connectivity index (χ4n) is 3.45. The molecule has 6 heteroatoms. The number of halogens is 1. The van der Waals surface area contributed by atoms with Gasteiger partial charge in [0.15, 0.2) is 0 Å². The number of rotatable bonds is 2. The van der Waals surface area contributed by atoms with Crippen LogP contribution in [0.3, 0.4) is 0 Å². The molecule has 0 bridgehead atoms. The Morgan fingerprint density at radius 3 is 2.13 bits per heavy atom. The van der Waals surface area contributed by atoms with Gasteiger partial charge in [-0.05, 0) is 34.6 Å². The summed E-state index contributed by atoms with van der Waals surface area (Å²) >= 11 is 5.93. The van der Waals surface area contributed by atoms with Gasteiger partial charge in [-0.1, -0.05) is 6.92 Å². The van der Waals surface area contributed by atoms with Crippen molar-refractivity contribution in [3.63, 3.8) is 0 Å². The molecule has 0 spiro atoms. The van der Waals surface area contributed by atoms with Crippen LogP contribution >= 0.6 is 11.6 Å². The molecule has 0 aromatic rings. The standard InChI is InChI=1S/C17H29ClN2O3/c1-15(2,3)23-14(22)20-8-12-7-19(10-17(12,6)11-20)13(21)16(4,5)9-18/h12H,7-11H2,1-6H3/t12-,17+/m1/s1. The molecule has 2 aliphatic rings. The van der Waals surface area contributed by atoms with Gasteiger partial charge in [0.05, 0.1) is 5.41 Å². The Bertz CT molecular complexity index is 501. The summed E-state index contributed by atoms with van der Waals surface area (Å²) in [5.74, 6) is 0.713. The van der Waals surface area contributed by atoms with Crippen LogP contribution in [-0.4, -0.2) is 59.5 Å². The highest BCUT2D eigenvalue weighted by Crippen LogP contribution is 2.43. The van der Waals surface area contributed by atoms with Crippen LogP contribution in [0, 0.1) is 16.7 Å². The molecule has 2 amide bonds. The van der Waals surface area contributed by atoms with E-state index < -0.39 is 11.0 Å². The average Bonchev–Trinajstić information content (AvgIpc) is 2.87. The molecular formula is C17H29ClN2O3. The zero-order chi connectivity index (χ0) is 17.6. The summed E-state index contributed by atoms with van der Waals surface area (Å²) in [6.07, 6.45) is -0.257. The highest BCUT2D eigenvalue weighted by Gasteiger charge is 2.53. The third kappa shape index (κ3) is 3.76. The molecule has 2 aliphatic heterocycles. The lowest BCUT2D eigenvalue weighted by Gasteiger charge is -2.31. The molecule has 0 N–H and O–H groups in total. The van der Waals surface area contributed by atoms with Crippen molar-refractivity contribution in [3.8, 4) is 0 Å². The molecule has 2 rings (SSSR count). The Labute approximate surface area is 144 Å². The summed E-state index contributed by atoms with van der Waals surface area (Å²) in [7, 11) is 0. The average molecular weight is 345 g/mol. The Morgan fingerprint density at radius 1 is 1.13 bits per heavy atom. The number of alkyl halides is 1. The molecule has 2 heterocycles. The van der Waals surface area contributed by atoms with Gasteiger partial charge in [-0.25, -0.2) is 4.79 Å². The zero-order valence-electron chi connectivity index (χ0n) is 15.1. The summed E-state index contributed by atoms with van der Waals surface area (Å²) in [5, 5.41) is 0. The van der Waals surface area contributed by atoms with Gasteiger partial charge in [0.2, 0.25) is 5.91 Å². The molecular weight excluding hydrogens is 316 g/mol. The van der Waals surface area contributed by atoms with E-state index in [0.717, 1.165) is 0 Å². The molecule has 2 fully saturated rings. The number of likely N-dealkylation sites (tertiary alicyclic amines) is 2. The topological polar surface area (TPSA) is 49.9 Å². The molecule has 0 unspecified atom stereocenters. The van der Waals surface area contributed by atoms with Crippen LogP contribution in [0.25, 0.3) is 0 Å². The minimum Gasteiger partial charge on any atom is -0.444 e. The molecule has 5 nitrogen and oxygen atoms in total. The van der Waals surface area contributed by atoms with E-state index in [-0.39, 0.29) is 17.4 Å². The van der Waals surface area contributed by atoms with Gasteiger partial charge in [0.25, 0.3) is 0 Å². The van der Waals surface area contributed by atoms with Gasteiger partial charge in [0, 0.05) is 43.4 Å². The number of ether oxygens (including phenoxy) is 1. The van der Waals surface area contributed by atoms with Crippen molar-refractivity contribution in [1.82, 2.24) is 9.80 Å². The number of fused-ring (bicyclic) bond motifs is 1. The first kappa shape index (κ1) is 18.4. The molecule has 0 saturated carbocycles. The smallest absolute Gasteiger partial charge is 0.410 e. The van der Waals surface area contributed by atoms with Crippen LogP contribution in [0.15, 0.2) is 0 Å². The van der Waals surface area contributed by atoms with Crippen molar-refractivity contribution in [2.45, 2.75) is 47.1 Å². The summed E-state index contributed by atoms with van der Waals surface area (Å²) in [6, 6.07) is 0. The highest BCUT2D eigenvalue weighted by molar-refractivity contribution is 6.19. The summed E-state index contributed by atoms with van der Waals surface area (Å²) in [6.45, 7) is 14.2. The first-order valence-corrected chi connectivity index (χ1v) is 8.75. The predicted molar refractivity (Wildman–Crippen MR) is 90.5 cm³/mol. The number of hydrogen-bond donors (Lipinski definition) is 0. The molecule has 0 aromatic heterocycles. The molecule has 2 atom stereocenters. The maximum absolute atomic E-state index is 12.6. The van der Waals surface area contributed by atoms with Gasteiger partial charge in [-0.15, -0.1) is 11.6 Å². The minimum atomic E-state index is -0.540. The summed E-state index contributed by atoms with van der Waals surface area (Å²) in [4.78, 5) is 28.6. The van der Waals surface area contributed by atoms with E-state index in [0.29, 0.717) is 38.0 Å². The SMILES string of the molecule is CC(C)(C)OC(=O)N1C[C@H]2CN(C(=O)C(C)(C)CCl)C[C@@]2(C)C1. The Kier molecular flexibility index (Phi) is 4.66. The van der Waals surface area contributed by atoms with E-state index in [2.05, 4.69) is 6.92 Å².